The van der Waals surface area contributed by atoms with E-state index >= 15 is 0 Å². The van der Waals surface area contributed by atoms with Gasteiger partial charge < -0.3 is 31.1 Å². The standard InChI is InChI=1S/C14H23N7O.C13H21N7O.2C2H5B/c1-10-12(17-14(15)21-13(10)16-11(2)18-21)20-6-4-19(5-7-20)8-9-22-3;1-9-11(19-5-3-18(4-6-19)7-8-21)16-13(14)20-12(9)15-10(2)17-20;2*1-3-2/h4-9H2,1-3H3,(H2,15,17);21H,3-8H2,1-2H3,(H2,14,16);2*1H2,2H3. The number of ether oxygens (including phenoxy) is 1. The van der Waals surface area contributed by atoms with Gasteiger partial charge in [0, 0.05) is 83.7 Å². The van der Waals surface area contributed by atoms with Crippen LogP contribution in [-0.2, 0) is 4.74 Å². The summed E-state index contributed by atoms with van der Waals surface area (Å²) in [6, 6.07) is 0. The number of aliphatic hydroxyl groups excluding tert-OH is 1. The second kappa shape index (κ2) is 19.3. The van der Waals surface area contributed by atoms with E-state index in [4.69, 9.17) is 21.3 Å². The van der Waals surface area contributed by atoms with Crippen LogP contribution in [0.4, 0.5) is 23.5 Å². The van der Waals surface area contributed by atoms with Gasteiger partial charge in [-0.15, -0.1) is 10.2 Å². The van der Waals surface area contributed by atoms with Crippen LogP contribution >= 0.6 is 0 Å². The molecule has 266 valence electrons. The molecule has 4 aromatic rings. The van der Waals surface area contributed by atoms with Crippen LogP contribution in [0, 0.1) is 27.7 Å². The Morgan fingerprint density at radius 1 is 0.673 bits per heavy atom. The monoisotopic (exact) mass is 676 g/mol. The summed E-state index contributed by atoms with van der Waals surface area (Å²) in [4.78, 5) is 27.1. The number of nitrogens with two attached hydrogens (primary N) is 2. The van der Waals surface area contributed by atoms with Gasteiger partial charge in [-0.3, -0.25) is 9.80 Å². The first-order valence-electron chi connectivity index (χ1n) is 16.7. The second-order valence-corrected chi connectivity index (χ2v) is 11.8. The Labute approximate surface area is 291 Å². The van der Waals surface area contributed by atoms with Crippen LogP contribution in [0.25, 0.3) is 11.3 Å². The molecule has 0 aromatic carbocycles. The van der Waals surface area contributed by atoms with E-state index in [1.165, 1.54) is 0 Å². The van der Waals surface area contributed by atoms with Crippen LogP contribution in [0.5, 0.6) is 0 Å². The van der Waals surface area contributed by atoms with Gasteiger partial charge >= 0.3 is 40.4 Å². The SMILES string of the molecule is C=BC.C=BC.COCCN1CCN(c2nc(N)n3nc(C)nc3c2C)CC1.Cc1nc2c(C)c(N3CCN(CCO)CC3)nc(N)n2n1. The van der Waals surface area contributed by atoms with Crippen LogP contribution in [0.15, 0.2) is 0 Å². The molecule has 2 fully saturated rings. The Morgan fingerprint density at radius 3 is 1.39 bits per heavy atom. The Morgan fingerprint density at radius 2 is 1.04 bits per heavy atom. The molecule has 6 rings (SSSR count). The average molecular weight is 676 g/mol. The van der Waals surface area contributed by atoms with Gasteiger partial charge in [-0.05, 0) is 27.7 Å². The zero-order valence-electron chi connectivity index (χ0n) is 30.4. The zero-order valence-corrected chi connectivity index (χ0v) is 30.4. The Bertz CT molecular complexity index is 1640. The largest absolute Gasteiger partial charge is 0.395 e. The molecule has 6 heterocycles. The van der Waals surface area contributed by atoms with E-state index in [1.807, 2.05) is 41.3 Å². The van der Waals surface area contributed by atoms with Crippen molar-refractivity contribution in [2.24, 2.45) is 0 Å². The van der Waals surface area contributed by atoms with Crippen LogP contribution < -0.4 is 21.3 Å². The fraction of sp³-hybridized carbons (Fsp3) is 0.613. The number of aromatic nitrogens is 8. The Hall–Kier alpha value is -3.99. The molecule has 0 spiro atoms. The summed E-state index contributed by atoms with van der Waals surface area (Å²) in [5, 5.41) is 17.5. The second-order valence-electron chi connectivity index (χ2n) is 11.8. The maximum absolute atomic E-state index is 9.00. The number of anilines is 4. The van der Waals surface area contributed by atoms with Crippen molar-refractivity contribution in [2.45, 2.75) is 41.3 Å². The molecule has 2 aliphatic rings. The van der Waals surface area contributed by atoms with E-state index in [-0.39, 0.29) is 6.61 Å². The molecule has 2 aliphatic heterocycles. The first-order chi connectivity index (χ1) is 23.5. The summed E-state index contributed by atoms with van der Waals surface area (Å²) in [6.07, 6.45) is 0. The predicted molar refractivity (Wildman–Crippen MR) is 203 cm³/mol. The van der Waals surface area contributed by atoms with E-state index in [2.05, 4.69) is 62.7 Å². The summed E-state index contributed by atoms with van der Waals surface area (Å²) < 4.78 is 8.35. The minimum atomic E-state index is 0.204. The smallest absolute Gasteiger partial charge is 0.225 e. The molecule has 16 nitrogen and oxygen atoms in total. The third-order valence-corrected chi connectivity index (χ3v) is 8.01. The number of methoxy groups -OCH3 is 1. The van der Waals surface area contributed by atoms with E-state index in [1.54, 1.807) is 30.0 Å². The quantitative estimate of drug-likeness (QED) is 0.220. The van der Waals surface area contributed by atoms with Crippen LogP contribution in [0.1, 0.15) is 22.8 Å². The maximum atomic E-state index is 9.00. The maximum Gasteiger partial charge on any atom is 0.225 e. The minimum absolute atomic E-state index is 0.204. The van der Waals surface area contributed by atoms with Crippen molar-refractivity contribution < 1.29 is 9.84 Å². The summed E-state index contributed by atoms with van der Waals surface area (Å²) in [6.45, 7) is 31.9. The van der Waals surface area contributed by atoms with Crippen LogP contribution in [0.2, 0.25) is 13.6 Å². The van der Waals surface area contributed by atoms with Crippen molar-refractivity contribution in [1.29, 1.82) is 0 Å². The number of fused-ring (bicyclic) bond motifs is 2. The van der Waals surface area contributed by atoms with E-state index < -0.39 is 0 Å². The van der Waals surface area contributed by atoms with Crippen LogP contribution in [0.3, 0.4) is 0 Å². The number of aliphatic hydroxyl groups is 1. The minimum Gasteiger partial charge on any atom is -0.395 e. The molecule has 0 radical (unpaired) electrons. The number of aryl methyl sites for hydroxylation is 4. The fourth-order valence-electron chi connectivity index (χ4n) is 5.66. The molecule has 0 saturated carbocycles. The van der Waals surface area contributed by atoms with E-state index in [0.29, 0.717) is 23.5 Å². The van der Waals surface area contributed by atoms with Crippen molar-refractivity contribution in [1.82, 2.24) is 49.0 Å². The van der Waals surface area contributed by atoms with Gasteiger partial charge in [0.2, 0.25) is 11.9 Å². The van der Waals surface area contributed by atoms with Crippen molar-refractivity contribution in [3.8, 4) is 0 Å². The molecule has 5 N–H and O–H groups in total. The number of piperazine rings is 2. The predicted octanol–water partition coefficient (Wildman–Crippen LogP) is -0.129. The third kappa shape index (κ3) is 10.3. The van der Waals surface area contributed by atoms with Crippen molar-refractivity contribution in [3.63, 3.8) is 0 Å². The topological polar surface area (TPSA) is 181 Å². The van der Waals surface area contributed by atoms with Crippen molar-refractivity contribution >= 4 is 61.6 Å². The molecule has 0 bridgehead atoms. The van der Waals surface area contributed by atoms with Gasteiger partial charge in [0.15, 0.2) is 11.3 Å². The molecular weight excluding hydrogens is 622 g/mol. The normalized spacial score (nSPS) is 15.0. The van der Waals surface area contributed by atoms with Gasteiger partial charge in [0.25, 0.3) is 0 Å². The molecule has 2 saturated heterocycles. The third-order valence-electron chi connectivity index (χ3n) is 8.01. The molecule has 0 amide bonds. The molecule has 18 heteroatoms. The van der Waals surface area contributed by atoms with Gasteiger partial charge in [-0.2, -0.15) is 19.0 Å². The number of hydrogen-bond donors (Lipinski definition) is 3. The average Bonchev–Trinajstić information content (AvgIpc) is 3.69. The number of hydrogen-bond acceptors (Lipinski definition) is 14. The van der Waals surface area contributed by atoms with E-state index in [0.717, 1.165) is 106 Å². The summed E-state index contributed by atoms with van der Waals surface area (Å²) in [7, 11) is 1.74. The molecule has 0 atom stereocenters. The first-order valence-corrected chi connectivity index (χ1v) is 16.7. The molecule has 0 unspecified atom stereocenters. The summed E-state index contributed by atoms with van der Waals surface area (Å²) >= 11 is 0. The molecule has 0 aliphatic carbocycles. The zero-order chi connectivity index (χ0) is 36.1. The Kier molecular flexibility index (Phi) is 15.5. The number of rotatable bonds is 7. The molecule has 49 heavy (non-hydrogen) atoms. The van der Waals surface area contributed by atoms with Gasteiger partial charge in [0.05, 0.1) is 13.2 Å². The fourth-order valence-corrected chi connectivity index (χ4v) is 5.66. The summed E-state index contributed by atoms with van der Waals surface area (Å²) in [5.41, 5.74) is 15.6. The first kappa shape index (κ1) is 39.4. The van der Waals surface area contributed by atoms with Gasteiger partial charge in [-0.1, -0.05) is 0 Å². The van der Waals surface area contributed by atoms with E-state index in [9.17, 15) is 0 Å². The summed E-state index contributed by atoms with van der Waals surface area (Å²) in [5.74, 6) is 3.96. The molecule has 4 aromatic heterocycles. The number of β-amino-alcohol motifs (C(OH)–C–C–N with tert-alkyl or cyclic N) is 1. The Balaban J connectivity index is 0.000000229. The van der Waals surface area contributed by atoms with Gasteiger partial charge in [-0.25, -0.2) is 9.97 Å². The van der Waals surface area contributed by atoms with Crippen LogP contribution in [-0.4, -0.2) is 167 Å². The van der Waals surface area contributed by atoms with Crippen molar-refractivity contribution in [3.05, 3.63) is 22.8 Å². The van der Waals surface area contributed by atoms with Gasteiger partial charge in [0.1, 0.15) is 23.3 Å². The molecular formula is C31H54B2N14O2. The number of nitrogen functional groups attached to an aromatic ring is 2. The number of nitrogens with zero attached hydrogens (tertiary/aromatic N) is 12. The van der Waals surface area contributed by atoms with Crippen molar-refractivity contribution in [2.75, 3.05) is 107 Å².